The van der Waals surface area contributed by atoms with Crippen LogP contribution < -0.4 is 20.4 Å². The van der Waals surface area contributed by atoms with Crippen LogP contribution in [0.15, 0.2) is 48.5 Å². The molecular formula is C32H40O8Rh2. The van der Waals surface area contributed by atoms with Gasteiger partial charge in [0.25, 0.3) is 0 Å². The standard InChI is InChI=1S/2C16H22O4.2Rh/c2*1-15(2,13(17)18)9-11-6-5-7-12(8-11)10-16(3,4)14(19)20;;/h2*5-8H,9-10H2,1-4H3,(H,17,18)(H,19,20);;/q;;2*+2/p-4. The molecule has 0 N–H and O–H groups in total. The van der Waals surface area contributed by atoms with E-state index in [4.69, 9.17) is 0 Å². The summed E-state index contributed by atoms with van der Waals surface area (Å²) in [5.74, 6) is -4.40. The summed E-state index contributed by atoms with van der Waals surface area (Å²) >= 11 is 0. The van der Waals surface area contributed by atoms with E-state index in [1.807, 2.05) is 36.4 Å². The van der Waals surface area contributed by atoms with Gasteiger partial charge in [0.1, 0.15) is 0 Å². The van der Waals surface area contributed by atoms with Crippen molar-refractivity contribution in [1.82, 2.24) is 0 Å². The van der Waals surface area contributed by atoms with Crippen molar-refractivity contribution < 1.29 is 78.6 Å². The van der Waals surface area contributed by atoms with Gasteiger partial charge in [0.15, 0.2) is 0 Å². The number of rotatable bonds is 12. The Bertz CT molecular complexity index is 1050. The first-order valence-electron chi connectivity index (χ1n) is 13.1. The summed E-state index contributed by atoms with van der Waals surface area (Å²) in [4.78, 5) is 44.1. The summed E-state index contributed by atoms with van der Waals surface area (Å²) in [6.45, 7) is 12.9. The second-order valence-corrected chi connectivity index (χ2v) is 13.0. The second-order valence-electron chi connectivity index (χ2n) is 13.0. The third-order valence-corrected chi connectivity index (χ3v) is 6.78. The molecule has 2 rings (SSSR count). The minimum absolute atomic E-state index is 0. The topological polar surface area (TPSA) is 161 Å². The summed E-state index contributed by atoms with van der Waals surface area (Å²) in [6.07, 6.45) is 1.37. The molecule has 42 heavy (non-hydrogen) atoms. The average molecular weight is 758 g/mol. The number of carbonyl (C=O) groups excluding carboxylic acids is 4. The molecule has 0 aromatic heterocycles. The maximum atomic E-state index is 11.0. The molecule has 8 nitrogen and oxygen atoms in total. The summed E-state index contributed by atoms with van der Waals surface area (Å²) in [5.41, 5.74) is -0.413. The fourth-order valence-electron chi connectivity index (χ4n) is 4.03. The first-order valence-corrected chi connectivity index (χ1v) is 13.1. The summed E-state index contributed by atoms with van der Waals surface area (Å²) in [5, 5.41) is 44.1. The van der Waals surface area contributed by atoms with Gasteiger partial charge in [-0.3, -0.25) is 0 Å². The molecule has 2 aromatic rings. The van der Waals surface area contributed by atoms with Gasteiger partial charge in [-0.05, 0) is 47.9 Å². The Hall–Kier alpha value is -2.43. The van der Waals surface area contributed by atoms with Crippen molar-refractivity contribution >= 4 is 23.9 Å². The molecule has 0 saturated carbocycles. The van der Waals surface area contributed by atoms with Crippen LogP contribution in [0.1, 0.15) is 77.6 Å². The van der Waals surface area contributed by atoms with Crippen LogP contribution in [0.2, 0.25) is 0 Å². The minimum atomic E-state index is -1.10. The van der Waals surface area contributed by atoms with Crippen LogP contribution in [-0.4, -0.2) is 23.9 Å². The molecule has 0 aliphatic carbocycles. The fraction of sp³-hybridized carbons (Fsp3) is 0.500. The van der Waals surface area contributed by atoms with Crippen molar-refractivity contribution in [2.24, 2.45) is 21.7 Å². The van der Waals surface area contributed by atoms with Crippen LogP contribution in [0.4, 0.5) is 0 Å². The van der Waals surface area contributed by atoms with E-state index in [1.54, 1.807) is 67.5 Å². The third kappa shape index (κ3) is 13.3. The van der Waals surface area contributed by atoms with Gasteiger partial charge in [0.2, 0.25) is 0 Å². The zero-order valence-electron chi connectivity index (χ0n) is 25.4. The summed E-state index contributed by atoms with van der Waals surface area (Å²) < 4.78 is 0. The quantitative estimate of drug-likeness (QED) is 0.286. The molecule has 0 fully saturated rings. The summed E-state index contributed by atoms with van der Waals surface area (Å²) in [6, 6.07) is 14.6. The van der Waals surface area contributed by atoms with Gasteiger partial charge in [-0.2, -0.15) is 0 Å². The Morgan fingerprint density at radius 1 is 0.452 bits per heavy atom. The molecule has 0 aliphatic heterocycles. The van der Waals surface area contributed by atoms with Crippen LogP contribution >= 0.6 is 0 Å². The van der Waals surface area contributed by atoms with Crippen molar-refractivity contribution in [3.05, 3.63) is 70.8 Å². The van der Waals surface area contributed by atoms with Crippen molar-refractivity contribution in [3.8, 4) is 0 Å². The first-order chi connectivity index (χ1) is 18.1. The molecule has 0 heterocycles. The zero-order chi connectivity index (χ0) is 31.1. The van der Waals surface area contributed by atoms with E-state index in [1.165, 1.54) is 0 Å². The smallest absolute Gasteiger partial charge is 0.550 e. The fourth-order valence-corrected chi connectivity index (χ4v) is 4.03. The van der Waals surface area contributed by atoms with E-state index in [-0.39, 0.29) is 39.0 Å². The van der Waals surface area contributed by atoms with Crippen molar-refractivity contribution in [2.75, 3.05) is 0 Å². The maximum Gasteiger partial charge on any atom is 2.00 e. The molecule has 10 heteroatoms. The number of carbonyl (C=O) groups is 4. The minimum Gasteiger partial charge on any atom is -0.550 e. The molecule has 2 radical (unpaired) electrons. The second kappa shape index (κ2) is 16.4. The number of carboxylic acid groups (broad SMARTS) is 4. The molecule has 0 saturated heterocycles. The number of aliphatic carboxylic acids is 4. The number of hydrogen-bond acceptors (Lipinski definition) is 8. The zero-order valence-corrected chi connectivity index (χ0v) is 28.7. The Labute approximate surface area is 274 Å². The van der Waals surface area contributed by atoms with Gasteiger partial charge in [-0.1, -0.05) is 104 Å². The van der Waals surface area contributed by atoms with Crippen LogP contribution in [0.5, 0.6) is 0 Å². The van der Waals surface area contributed by atoms with E-state index in [0.29, 0.717) is 25.7 Å². The van der Waals surface area contributed by atoms with Gasteiger partial charge < -0.3 is 39.6 Å². The largest absolute Gasteiger partial charge is 2.00 e. The van der Waals surface area contributed by atoms with Crippen LogP contribution in [0.25, 0.3) is 0 Å². The van der Waals surface area contributed by atoms with Gasteiger partial charge in [0, 0.05) is 45.5 Å². The Morgan fingerprint density at radius 3 is 0.762 bits per heavy atom. The van der Waals surface area contributed by atoms with E-state index < -0.39 is 45.5 Å². The van der Waals surface area contributed by atoms with E-state index in [2.05, 4.69) is 0 Å². The van der Waals surface area contributed by atoms with Gasteiger partial charge in [-0.25, -0.2) is 0 Å². The Kier molecular flexibility index (Phi) is 16.3. The van der Waals surface area contributed by atoms with Gasteiger partial charge >= 0.3 is 39.0 Å². The van der Waals surface area contributed by atoms with Crippen molar-refractivity contribution in [1.29, 1.82) is 0 Å². The molecule has 0 aliphatic rings. The van der Waals surface area contributed by atoms with E-state index in [9.17, 15) is 39.6 Å². The number of hydrogen-bond donors (Lipinski definition) is 0. The Morgan fingerprint density at radius 2 is 0.619 bits per heavy atom. The van der Waals surface area contributed by atoms with Crippen molar-refractivity contribution in [2.45, 2.75) is 81.1 Å². The van der Waals surface area contributed by atoms with Crippen LogP contribution in [0, 0.1) is 21.7 Å². The molecule has 0 atom stereocenters. The first kappa shape index (κ1) is 41.7. The molecular weight excluding hydrogens is 718 g/mol. The monoisotopic (exact) mass is 758 g/mol. The summed E-state index contributed by atoms with van der Waals surface area (Å²) in [7, 11) is 0. The molecule has 0 amide bonds. The molecule has 0 bridgehead atoms. The maximum absolute atomic E-state index is 11.0. The molecule has 0 spiro atoms. The molecule has 2 aromatic carbocycles. The normalized spacial score (nSPS) is 11.6. The van der Waals surface area contributed by atoms with Gasteiger partial charge in [-0.15, -0.1) is 0 Å². The number of carboxylic acids is 4. The van der Waals surface area contributed by atoms with Crippen LogP contribution in [0.3, 0.4) is 0 Å². The Balaban J connectivity index is 0. The molecule has 0 unspecified atom stereocenters. The number of benzene rings is 2. The van der Waals surface area contributed by atoms with Gasteiger partial charge in [0.05, 0.1) is 0 Å². The molecule has 234 valence electrons. The third-order valence-electron chi connectivity index (χ3n) is 6.78. The van der Waals surface area contributed by atoms with E-state index >= 15 is 0 Å². The van der Waals surface area contributed by atoms with E-state index in [0.717, 1.165) is 22.3 Å². The average Bonchev–Trinajstić information content (AvgIpc) is 2.78. The van der Waals surface area contributed by atoms with Crippen molar-refractivity contribution in [3.63, 3.8) is 0 Å². The predicted octanol–water partition coefficient (Wildman–Crippen LogP) is 0.643. The SMILES string of the molecule is CC(C)(Cc1cccc(CC(C)(C)C(=O)[O-])c1)C(=O)[O-].CC(C)(Cc1cccc(CC(C)(C)C(=O)[O-])c1)C(=O)[O-].[Rh+2].[Rh+2]. The predicted molar refractivity (Wildman–Crippen MR) is 143 cm³/mol. The van der Waals surface area contributed by atoms with Crippen LogP contribution in [-0.2, 0) is 83.8 Å².